The molecule has 0 aromatic heterocycles. The number of nitrogens with one attached hydrogen (secondary N) is 1. The maximum Gasteiger partial charge on any atom is 0.244 e. The first kappa shape index (κ1) is 15.4. The zero-order valence-electron chi connectivity index (χ0n) is 11.7. The molecule has 2 aromatic rings. The molecule has 2 aromatic carbocycles. The van der Waals surface area contributed by atoms with Crippen molar-refractivity contribution in [3.8, 4) is 5.75 Å². The highest BCUT2D eigenvalue weighted by Gasteiger charge is 2.19. The average molecular weight is 349 g/mol. The van der Waals surface area contributed by atoms with Crippen molar-refractivity contribution in [2.45, 2.75) is 13.0 Å². The monoisotopic (exact) mass is 348 g/mol. The number of hydrogen-bond donors (Lipinski definition) is 2. The zero-order chi connectivity index (χ0) is 15.2. The Morgan fingerprint density at radius 1 is 1.29 bits per heavy atom. The molecule has 0 saturated carbocycles. The molecule has 0 fully saturated rings. The van der Waals surface area contributed by atoms with E-state index in [0.29, 0.717) is 6.61 Å². The zero-order valence-corrected chi connectivity index (χ0v) is 13.3. The van der Waals surface area contributed by atoms with Gasteiger partial charge >= 0.3 is 0 Å². The highest BCUT2D eigenvalue weighted by Crippen LogP contribution is 2.27. The number of amides is 1. The van der Waals surface area contributed by atoms with Gasteiger partial charge in [-0.25, -0.2) is 0 Å². The van der Waals surface area contributed by atoms with E-state index in [1.54, 1.807) is 0 Å². The van der Waals surface area contributed by atoms with E-state index >= 15 is 0 Å². The van der Waals surface area contributed by atoms with Gasteiger partial charge < -0.3 is 15.8 Å². The van der Waals surface area contributed by atoms with Crippen LogP contribution in [0.25, 0.3) is 0 Å². The lowest BCUT2D eigenvalue weighted by molar-refractivity contribution is -0.118. The molecule has 1 amide bonds. The molecule has 0 heterocycles. The van der Waals surface area contributed by atoms with Crippen LogP contribution in [-0.2, 0) is 4.79 Å². The van der Waals surface area contributed by atoms with E-state index < -0.39 is 11.9 Å². The normalized spacial score (nSPS) is 11.7. The minimum Gasteiger partial charge on any atom is -0.494 e. The number of para-hydroxylation sites is 1. The van der Waals surface area contributed by atoms with Crippen molar-refractivity contribution in [2.75, 3.05) is 11.9 Å². The minimum absolute atomic E-state index is 0.445. The maximum atomic E-state index is 11.8. The Morgan fingerprint density at radius 2 is 2.05 bits per heavy atom. The summed E-state index contributed by atoms with van der Waals surface area (Å²) < 4.78 is 6.33. The maximum absolute atomic E-state index is 11.8. The summed E-state index contributed by atoms with van der Waals surface area (Å²) in [5, 5.41) is 3.16. The van der Waals surface area contributed by atoms with Gasteiger partial charge in [0.1, 0.15) is 11.8 Å². The largest absolute Gasteiger partial charge is 0.494 e. The third-order valence-electron chi connectivity index (χ3n) is 2.96. The van der Waals surface area contributed by atoms with Gasteiger partial charge in [0.2, 0.25) is 5.91 Å². The highest BCUT2D eigenvalue weighted by atomic mass is 79.9. The van der Waals surface area contributed by atoms with E-state index in [0.717, 1.165) is 21.5 Å². The second kappa shape index (κ2) is 7.13. The van der Waals surface area contributed by atoms with E-state index in [2.05, 4.69) is 21.2 Å². The van der Waals surface area contributed by atoms with E-state index in [4.69, 9.17) is 10.5 Å². The predicted octanol–water partition coefficient (Wildman–Crippen LogP) is 3.49. The number of anilines is 1. The summed E-state index contributed by atoms with van der Waals surface area (Å²) in [7, 11) is 0. The lowest BCUT2D eigenvalue weighted by atomic mass is 10.1. The van der Waals surface area contributed by atoms with Crippen molar-refractivity contribution in [3.05, 3.63) is 58.6 Å². The Hall–Kier alpha value is -2.01. The minimum atomic E-state index is -0.621. The van der Waals surface area contributed by atoms with Crippen molar-refractivity contribution < 1.29 is 9.53 Å². The molecule has 0 radical (unpaired) electrons. The number of benzene rings is 2. The molecule has 0 aliphatic rings. The molecule has 0 saturated heterocycles. The van der Waals surface area contributed by atoms with Crippen LogP contribution in [0.5, 0.6) is 5.75 Å². The fourth-order valence-electron chi connectivity index (χ4n) is 2.00. The second-order valence-electron chi connectivity index (χ2n) is 4.47. The van der Waals surface area contributed by atoms with Crippen LogP contribution in [0.1, 0.15) is 18.5 Å². The van der Waals surface area contributed by atoms with Crippen LogP contribution in [0.15, 0.2) is 53.0 Å². The number of rotatable bonds is 6. The molecule has 0 aliphatic carbocycles. The fourth-order valence-corrected chi connectivity index (χ4v) is 2.40. The molecule has 5 heteroatoms. The Bertz CT molecular complexity index is 631. The lowest BCUT2D eigenvalue weighted by Crippen LogP contribution is -2.27. The number of carbonyl (C=O) groups is 1. The van der Waals surface area contributed by atoms with E-state index in [-0.39, 0.29) is 0 Å². The van der Waals surface area contributed by atoms with Crippen LogP contribution in [0.3, 0.4) is 0 Å². The van der Waals surface area contributed by atoms with Crippen molar-refractivity contribution in [1.29, 1.82) is 0 Å². The molecule has 0 aliphatic heterocycles. The van der Waals surface area contributed by atoms with Gasteiger partial charge in [-0.2, -0.15) is 0 Å². The second-order valence-corrected chi connectivity index (χ2v) is 5.32. The standard InChI is InChI=1S/C16H17BrN2O2/c1-2-21-12-7-5-6-11(10-12)15(16(18)20)19-14-9-4-3-8-13(14)17/h3-10,15,19H,2H2,1H3,(H2,18,20). The van der Waals surface area contributed by atoms with Gasteiger partial charge in [0.05, 0.1) is 6.61 Å². The van der Waals surface area contributed by atoms with Crippen LogP contribution in [0, 0.1) is 0 Å². The number of ether oxygens (including phenoxy) is 1. The van der Waals surface area contributed by atoms with Gasteiger partial charge in [-0.1, -0.05) is 24.3 Å². The number of primary amides is 1. The molecule has 2 rings (SSSR count). The molecule has 0 spiro atoms. The molecule has 4 nitrogen and oxygen atoms in total. The molecule has 1 atom stereocenters. The molecule has 3 N–H and O–H groups in total. The molecule has 1 unspecified atom stereocenters. The summed E-state index contributed by atoms with van der Waals surface area (Å²) in [6.07, 6.45) is 0. The number of halogens is 1. The Labute approximate surface area is 132 Å². The van der Waals surface area contributed by atoms with Gasteiger partial charge in [-0.05, 0) is 52.7 Å². The van der Waals surface area contributed by atoms with Gasteiger partial charge in [-0.15, -0.1) is 0 Å². The van der Waals surface area contributed by atoms with Crippen molar-refractivity contribution >= 4 is 27.5 Å². The summed E-state index contributed by atoms with van der Waals surface area (Å²) in [4.78, 5) is 11.8. The van der Waals surface area contributed by atoms with E-state index in [1.165, 1.54) is 0 Å². The smallest absolute Gasteiger partial charge is 0.244 e. The van der Waals surface area contributed by atoms with Crippen LogP contribution in [-0.4, -0.2) is 12.5 Å². The lowest BCUT2D eigenvalue weighted by Gasteiger charge is -2.18. The number of carbonyl (C=O) groups excluding carboxylic acids is 1. The Kier molecular flexibility index (Phi) is 5.22. The third-order valence-corrected chi connectivity index (χ3v) is 3.65. The first-order chi connectivity index (χ1) is 10.1. The van der Waals surface area contributed by atoms with Gasteiger partial charge in [0.15, 0.2) is 0 Å². The van der Waals surface area contributed by atoms with Crippen molar-refractivity contribution in [3.63, 3.8) is 0 Å². The first-order valence-corrected chi connectivity index (χ1v) is 7.44. The Morgan fingerprint density at radius 3 is 2.71 bits per heavy atom. The molecular formula is C16H17BrN2O2. The van der Waals surface area contributed by atoms with Gasteiger partial charge in [0.25, 0.3) is 0 Å². The number of hydrogen-bond acceptors (Lipinski definition) is 3. The summed E-state index contributed by atoms with van der Waals surface area (Å²) in [5.74, 6) is 0.273. The quantitative estimate of drug-likeness (QED) is 0.839. The summed E-state index contributed by atoms with van der Waals surface area (Å²) in [6.45, 7) is 2.49. The topological polar surface area (TPSA) is 64.3 Å². The van der Waals surface area contributed by atoms with Crippen LogP contribution in [0.4, 0.5) is 5.69 Å². The first-order valence-electron chi connectivity index (χ1n) is 6.65. The van der Waals surface area contributed by atoms with Crippen LogP contribution < -0.4 is 15.8 Å². The summed E-state index contributed by atoms with van der Waals surface area (Å²) >= 11 is 3.45. The average Bonchev–Trinajstić information content (AvgIpc) is 2.46. The predicted molar refractivity (Wildman–Crippen MR) is 87.3 cm³/mol. The van der Waals surface area contributed by atoms with Crippen molar-refractivity contribution in [1.82, 2.24) is 0 Å². The van der Waals surface area contributed by atoms with Crippen molar-refractivity contribution in [2.24, 2.45) is 5.73 Å². The van der Waals surface area contributed by atoms with Gasteiger partial charge in [-0.3, -0.25) is 4.79 Å². The van der Waals surface area contributed by atoms with E-state index in [1.807, 2.05) is 55.5 Å². The SMILES string of the molecule is CCOc1cccc(C(Nc2ccccc2Br)C(N)=O)c1. The number of nitrogens with two attached hydrogens (primary N) is 1. The fraction of sp³-hybridized carbons (Fsp3) is 0.188. The summed E-state index contributed by atoms with van der Waals surface area (Å²) in [6, 6.07) is 14.3. The summed E-state index contributed by atoms with van der Waals surface area (Å²) in [5.41, 5.74) is 7.11. The highest BCUT2D eigenvalue weighted by molar-refractivity contribution is 9.10. The third kappa shape index (κ3) is 3.98. The van der Waals surface area contributed by atoms with Crippen LogP contribution >= 0.6 is 15.9 Å². The molecule has 21 heavy (non-hydrogen) atoms. The van der Waals surface area contributed by atoms with Crippen LogP contribution in [0.2, 0.25) is 0 Å². The molecule has 110 valence electrons. The van der Waals surface area contributed by atoms with Gasteiger partial charge in [0, 0.05) is 10.2 Å². The molecule has 0 bridgehead atoms. The van der Waals surface area contributed by atoms with E-state index in [9.17, 15) is 4.79 Å². The molecular weight excluding hydrogens is 332 g/mol. The Balaban J connectivity index is 2.29.